The first-order valence-electron chi connectivity index (χ1n) is 7.15. The zero-order valence-corrected chi connectivity index (χ0v) is 12.7. The molecular weight excluding hydrogens is 266 g/mol. The first-order valence-corrected chi connectivity index (χ1v) is 7.15. The predicted molar refractivity (Wildman–Crippen MR) is 87.8 cm³/mol. The van der Waals surface area contributed by atoms with Crippen LogP contribution in [0, 0.1) is 0 Å². The maximum Gasteiger partial charge on any atom is 0.0220 e. The third-order valence-electron chi connectivity index (χ3n) is 4.48. The van der Waals surface area contributed by atoms with Crippen LogP contribution in [0.3, 0.4) is 0 Å². The van der Waals surface area contributed by atoms with E-state index in [4.69, 9.17) is 0 Å². The van der Waals surface area contributed by atoms with E-state index in [1.54, 1.807) is 0 Å². The van der Waals surface area contributed by atoms with Gasteiger partial charge < -0.3 is 5.32 Å². The highest BCUT2D eigenvalue weighted by molar-refractivity contribution is 5.85. The van der Waals surface area contributed by atoms with E-state index in [-0.39, 0.29) is 17.8 Å². The zero-order chi connectivity index (χ0) is 13.1. The minimum atomic E-state index is 0. The quantitative estimate of drug-likeness (QED) is 0.898. The second-order valence-corrected chi connectivity index (χ2v) is 5.46. The van der Waals surface area contributed by atoms with Crippen LogP contribution in [0.1, 0.15) is 29.5 Å². The van der Waals surface area contributed by atoms with Crippen molar-refractivity contribution in [2.45, 2.75) is 24.7 Å². The Bertz CT molecular complexity index is 552. The molecule has 0 amide bonds. The molecule has 3 rings (SSSR count). The molecule has 2 heteroatoms. The fraction of sp³-hybridized carbons (Fsp3) is 0.333. The molecule has 1 aliphatic carbocycles. The number of aryl methyl sites for hydroxylation is 1. The van der Waals surface area contributed by atoms with Crippen molar-refractivity contribution in [1.29, 1.82) is 0 Å². The fourth-order valence-electron chi connectivity index (χ4n) is 3.49. The molecule has 1 aliphatic rings. The Labute approximate surface area is 127 Å². The van der Waals surface area contributed by atoms with Crippen LogP contribution < -0.4 is 5.32 Å². The molecule has 1 atom stereocenters. The van der Waals surface area contributed by atoms with Crippen molar-refractivity contribution in [3.05, 3.63) is 71.3 Å². The minimum absolute atomic E-state index is 0. The van der Waals surface area contributed by atoms with Crippen molar-refractivity contribution < 1.29 is 0 Å². The summed E-state index contributed by atoms with van der Waals surface area (Å²) in [6.07, 6.45) is 3.61. The maximum absolute atomic E-state index is 3.32. The summed E-state index contributed by atoms with van der Waals surface area (Å²) < 4.78 is 0. The van der Waals surface area contributed by atoms with Crippen molar-refractivity contribution in [2.75, 3.05) is 13.6 Å². The molecule has 0 fully saturated rings. The lowest BCUT2D eigenvalue weighted by Gasteiger charge is -2.31. The van der Waals surface area contributed by atoms with Crippen LogP contribution in [-0.2, 0) is 11.8 Å². The average molecular weight is 288 g/mol. The Kier molecular flexibility index (Phi) is 4.85. The smallest absolute Gasteiger partial charge is 0.0220 e. The molecule has 0 spiro atoms. The molecule has 1 nitrogen and oxygen atoms in total. The van der Waals surface area contributed by atoms with E-state index in [0.29, 0.717) is 0 Å². The predicted octanol–water partition coefficient (Wildman–Crippen LogP) is 3.95. The van der Waals surface area contributed by atoms with E-state index in [2.05, 4.69) is 59.9 Å². The number of nitrogens with one attached hydrogen (secondary N) is 1. The lowest BCUT2D eigenvalue weighted by molar-refractivity contribution is 0.459. The molecule has 0 aliphatic heterocycles. The summed E-state index contributed by atoms with van der Waals surface area (Å²) in [6, 6.07) is 20.0. The van der Waals surface area contributed by atoms with Gasteiger partial charge >= 0.3 is 0 Å². The molecule has 1 unspecified atom stereocenters. The normalized spacial score (nSPS) is 20.2. The number of hydrogen-bond donors (Lipinski definition) is 1. The van der Waals surface area contributed by atoms with Gasteiger partial charge in [0.05, 0.1) is 0 Å². The topological polar surface area (TPSA) is 12.0 Å². The lowest BCUT2D eigenvalue weighted by Crippen LogP contribution is -2.29. The van der Waals surface area contributed by atoms with E-state index >= 15 is 0 Å². The van der Waals surface area contributed by atoms with Gasteiger partial charge in [-0.25, -0.2) is 0 Å². The Hall–Kier alpha value is -1.31. The average Bonchev–Trinajstić information content (AvgIpc) is 2.86. The van der Waals surface area contributed by atoms with Gasteiger partial charge in [0, 0.05) is 5.41 Å². The Morgan fingerprint density at radius 3 is 2.45 bits per heavy atom. The molecule has 0 aromatic heterocycles. The van der Waals surface area contributed by atoms with Crippen LogP contribution >= 0.6 is 12.4 Å². The van der Waals surface area contributed by atoms with Gasteiger partial charge in [0.25, 0.3) is 0 Å². The van der Waals surface area contributed by atoms with Crippen LogP contribution in [0.25, 0.3) is 0 Å². The number of benzene rings is 2. The van der Waals surface area contributed by atoms with E-state index in [1.807, 2.05) is 7.05 Å². The third kappa shape index (κ3) is 2.48. The van der Waals surface area contributed by atoms with Gasteiger partial charge in [-0.05, 0) is 49.5 Å². The highest BCUT2D eigenvalue weighted by Gasteiger charge is 2.39. The molecule has 0 saturated heterocycles. The molecular formula is C18H22ClN. The van der Waals surface area contributed by atoms with Gasteiger partial charge in [0.15, 0.2) is 0 Å². The summed E-state index contributed by atoms with van der Waals surface area (Å²) in [5.41, 5.74) is 4.75. The van der Waals surface area contributed by atoms with E-state index in [0.717, 1.165) is 6.54 Å². The maximum atomic E-state index is 3.32. The van der Waals surface area contributed by atoms with Crippen LogP contribution in [0.2, 0.25) is 0 Å². The van der Waals surface area contributed by atoms with Crippen LogP contribution in [0.4, 0.5) is 0 Å². The molecule has 0 radical (unpaired) electrons. The molecule has 0 heterocycles. The fourth-order valence-corrected chi connectivity index (χ4v) is 3.49. The third-order valence-corrected chi connectivity index (χ3v) is 4.48. The molecule has 1 N–H and O–H groups in total. The standard InChI is InChI=1S/C18H21N.ClH/c1-19-14-13-18(16-8-3-2-4-9-16)12-11-15-7-5-6-10-17(15)18;/h2-10,19H,11-14H2,1H3;1H. The van der Waals surface area contributed by atoms with Crippen molar-refractivity contribution >= 4 is 12.4 Å². The van der Waals surface area contributed by atoms with Gasteiger partial charge in [0.2, 0.25) is 0 Å². The molecule has 20 heavy (non-hydrogen) atoms. The van der Waals surface area contributed by atoms with E-state index in [1.165, 1.54) is 36.0 Å². The summed E-state index contributed by atoms with van der Waals surface area (Å²) in [5.74, 6) is 0. The van der Waals surface area contributed by atoms with Gasteiger partial charge in [0.1, 0.15) is 0 Å². The SMILES string of the molecule is CNCCC1(c2ccccc2)CCc2ccccc21.Cl. The monoisotopic (exact) mass is 287 g/mol. The van der Waals surface area contributed by atoms with Crippen molar-refractivity contribution in [1.82, 2.24) is 5.32 Å². The van der Waals surface area contributed by atoms with Crippen LogP contribution in [-0.4, -0.2) is 13.6 Å². The Balaban J connectivity index is 0.00000147. The van der Waals surface area contributed by atoms with Crippen LogP contribution in [0.5, 0.6) is 0 Å². The number of hydrogen-bond acceptors (Lipinski definition) is 1. The molecule has 2 aromatic carbocycles. The first kappa shape index (κ1) is 15.1. The summed E-state index contributed by atoms with van der Waals surface area (Å²) >= 11 is 0. The van der Waals surface area contributed by atoms with E-state index in [9.17, 15) is 0 Å². The summed E-state index contributed by atoms with van der Waals surface area (Å²) in [4.78, 5) is 0. The van der Waals surface area contributed by atoms with Gasteiger partial charge in [-0.3, -0.25) is 0 Å². The lowest BCUT2D eigenvalue weighted by atomic mass is 9.73. The number of rotatable bonds is 4. The van der Waals surface area contributed by atoms with E-state index < -0.39 is 0 Å². The number of halogens is 1. The molecule has 106 valence electrons. The summed E-state index contributed by atoms with van der Waals surface area (Å²) in [5, 5.41) is 3.32. The number of fused-ring (bicyclic) bond motifs is 1. The largest absolute Gasteiger partial charge is 0.320 e. The Morgan fingerprint density at radius 2 is 1.70 bits per heavy atom. The van der Waals surface area contributed by atoms with Crippen molar-refractivity contribution in [3.63, 3.8) is 0 Å². The molecule has 2 aromatic rings. The second kappa shape index (κ2) is 6.43. The minimum Gasteiger partial charge on any atom is -0.320 e. The molecule has 0 saturated carbocycles. The molecule has 0 bridgehead atoms. The zero-order valence-electron chi connectivity index (χ0n) is 11.9. The van der Waals surface area contributed by atoms with Crippen molar-refractivity contribution in [2.24, 2.45) is 0 Å². The summed E-state index contributed by atoms with van der Waals surface area (Å²) in [6.45, 7) is 1.06. The first-order chi connectivity index (χ1) is 9.37. The van der Waals surface area contributed by atoms with Crippen LogP contribution in [0.15, 0.2) is 54.6 Å². The van der Waals surface area contributed by atoms with Crippen molar-refractivity contribution in [3.8, 4) is 0 Å². The second-order valence-electron chi connectivity index (χ2n) is 5.46. The Morgan fingerprint density at radius 1 is 1.00 bits per heavy atom. The van der Waals surface area contributed by atoms with Gasteiger partial charge in [-0.1, -0.05) is 54.6 Å². The van der Waals surface area contributed by atoms with Gasteiger partial charge in [-0.15, -0.1) is 12.4 Å². The van der Waals surface area contributed by atoms with Gasteiger partial charge in [-0.2, -0.15) is 0 Å². The highest BCUT2D eigenvalue weighted by atomic mass is 35.5. The highest BCUT2D eigenvalue weighted by Crippen LogP contribution is 2.46. The summed E-state index contributed by atoms with van der Waals surface area (Å²) in [7, 11) is 2.04.